The number of carbonyl (C=O) groups is 1. The highest BCUT2D eigenvalue weighted by Gasteiger charge is 2.25. The van der Waals surface area contributed by atoms with Crippen LogP contribution in [0, 0.1) is 10.1 Å². The summed E-state index contributed by atoms with van der Waals surface area (Å²) in [6.07, 6.45) is 1.43. The summed E-state index contributed by atoms with van der Waals surface area (Å²) in [7, 11) is 0. The van der Waals surface area contributed by atoms with Crippen LogP contribution < -0.4 is 9.47 Å². The van der Waals surface area contributed by atoms with Gasteiger partial charge in [-0.1, -0.05) is 11.6 Å². The molecular weight excluding hydrogens is 412 g/mol. The monoisotopic (exact) mass is 430 g/mol. The van der Waals surface area contributed by atoms with E-state index in [4.69, 9.17) is 25.8 Å². The van der Waals surface area contributed by atoms with E-state index >= 15 is 0 Å². The number of ether oxygens (including phenoxy) is 3. The molecule has 156 valence electrons. The molecule has 0 spiro atoms. The number of hydrogen-bond donors (Lipinski definition) is 0. The average Bonchev–Trinajstić information content (AvgIpc) is 3.05. The minimum Gasteiger partial charge on any atom is -0.490 e. The van der Waals surface area contributed by atoms with Crippen molar-refractivity contribution in [2.45, 2.75) is 26.9 Å². The Bertz CT molecular complexity index is 1040. The molecule has 0 fully saturated rings. The van der Waals surface area contributed by atoms with E-state index in [1.807, 2.05) is 20.8 Å². The first-order valence-corrected chi connectivity index (χ1v) is 9.56. The maximum Gasteiger partial charge on any atom is 0.363 e. The molecule has 3 rings (SSSR count). The zero-order valence-electron chi connectivity index (χ0n) is 16.5. The Labute approximate surface area is 177 Å². The molecule has 2 aromatic carbocycles. The summed E-state index contributed by atoms with van der Waals surface area (Å²) in [6.45, 7) is 6.01. The summed E-state index contributed by atoms with van der Waals surface area (Å²) in [5.41, 5.74) is 1.03. The number of non-ortho nitro benzene ring substituents is 1. The van der Waals surface area contributed by atoms with Crippen LogP contribution in [-0.4, -0.2) is 29.5 Å². The van der Waals surface area contributed by atoms with E-state index in [1.165, 1.54) is 30.3 Å². The normalized spacial score (nSPS) is 14.6. The van der Waals surface area contributed by atoms with Crippen LogP contribution in [0.4, 0.5) is 5.69 Å². The fraction of sp³-hybridized carbons (Fsp3) is 0.238. The lowest BCUT2D eigenvalue weighted by molar-refractivity contribution is -0.384. The molecule has 0 saturated carbocycles. The quantitative estimate of drug-likeness (QED) is 0.271. The zero-order valence-corrected chi connectivity index (χ0v) is 17.3. The summed E-state index contributed by atoms with van der Waals surface area (Å²) < 4.78 is 16.6. The lowest BCUT2D eigenvalue weighted by Gasteiger charge is -2.16. The number of nitro benzene ring substituents is 1. The van der Waals surface area contributed by atoms with Crippen molar-refractivity contribution in [3.63, 3.8) is 0 Å². The van der Waals surface area contributed by atoms with Crippen molar-refractivity contribution in [3.8, 4) is 11.5 Å². The second kappa shape index (κ2) is 8.96. The van der Waals surface area contributed by atoms with Crippen LogP contribution in [0.1, 0.15) is 31.9 Å². The van der Waals surface area contributed by atoms with Gasteiger partial charge in [0.15, 0.2) is 17.2 Å². The van der Waals surface area contributed by atoms with Gasteiger partial charge < -0.3 is 14.2 Å². The summed E-state index contributed by atoms with van der Waals surface area (Å²) in [4.78, 5) is 26.7. The molecule has 0 amide bonds. The Morgan fingerprint density at radius 1 is 1.27 bits per heavy atom. The summed E-state index contributed by atoms with van der Waals surface area (Å²) in [6, 6.07) is 8.91. The fourth-order valence-corrected chi connectivity index (χ4v) is 2.96. The number of rotatable bonds is 7. The van der Waals surface area contributed by atoms with E-state index in [9.17, 15) is 14.9 Å². The second-order valence-electron chi connectivity index (χ2n) is 6.57. The molecular formula is C21H19ClN2O6. The lowest BCUT2D eigenvalue weighted by atomic mass is 10.1. The van der Waals surface area contributed by atoms with Gasteiger partial charge in [-0.05, 0) is 56.7 Å². The number of hydrogen-bond acceptors (Lipinski definition) is 7. The molecule has 0 saturated heterocycles. The molecule has 0 bridgehead atoms. The zero-order chi connectivity index (χ0) is 21.8. The van der Waals surface area contributed by atoms with Gasteiger partial charge in [-0.2, -0.15) is 0 Å². The van der Waals surface area contributed by atoms with E-state index in [2.05, 4.69) is 4.99 Å². The van der Waals surface area contributed by atoms with Crippen molar-refractivity contribution >= 4 is 35.2 Å². The Morgan fingerprint density at radius 2 is 1.97 bits per heavy atom. The number of cyclic esters (lactones) is 1. The third kappa shape index (κ3) is 4.77. The summed E-state index contributed by atoms with van der Waals surface area (Å²) >= 11 is 6.36. The Hall–Kier alpha value is -3.39. The third-order valence-electron chi connectivity index (χ3n) is 3.93. The van der Waals surface area contributed by atoms with E-state index in [1.54, 1.807) is 12.1 Å². The van der Waals surface area contributed by atoms with Crippen LogP contribution in [0.5, 0.6) is 11.5 Å². The van der Waals surface area contributed by atoms with Crippen LogP contribution in [-0.2, 0) is 9.53 Å². The smallest absolute Gasteiger partial charge is 0.363 e. The van der Waals surface area contributed by atoms with Gasteiger partial charge in [-0.3, -0.25) is 10.1 Å². The predicted molar refractivity (Wildman–Crippen MR) is 112 cm³/mol. The first kappa shape index (κ1) is 21.3. The molecule has 1 aliphatic rings. The van der Waals surface area contributed by atoms with Crippen molar-refractivity contribution < 1.29 is 23.9 Å². The molecule has 0 radical (unpaired) electrons. The van der Waals surface area contributed by atoms with Gasteiger partial charge in [0, 0.05) is 17.7 Å². The molecule has 2 aromatic rings. The number of benzene rings is 2. The molecule has 9 heteroatoms. The molecule has 1 heterocycles. The van der Waals surface area contributed by atoms with Gasteiger partial charge in [0.1, 0.15) is 0 Å². The highest BCUT2D eigenvalue weighted by Crippen LogP contribution is 2.38. The Balaban J connectivity index is 1.93. The molecule has 0 atom stereocenters. The fourth-order valence-electron chi connectivity index (χ4n) is 2.70. The van der Waals surface area contributed by atoms with Gasteiger partial charge in [0.2, 0.25) is 5.90 Å². The predicted octanol–water partition coefficient (Wildman–Crippen LogP) is 4.78. The van der Waals surface area contributed by atoms with Crippen LogP contribution in [0.3, 0.4) is 0 Å². The second-order valence-corrected chi connectivity index (χ2v) is 6.98. The molecule has 0 aliphatic carbocycles. The minimum atomic E-state index is -0.639. The number of esters is 1. The number of halogens is 1. The van der Waals surface area contributed by atoms with Crippen LogP contribution in [0.25, 0.3) is 6.08 Å². The number of nitrogens with zero attached hydrogens (tertiary/aromatic N) is 2. The topological polar surface area (TPSA) is 100 Å². The van der Waals surface area contributed by atoms with E-state index < -0.39 is 10.9 Å². The van der Waals surface area contributed by atoms with Crippen molar-refractivity contribution in [2.75, 3.05) is 6.61 Å². The van der Waals surface area contributed by atoms with E-state index in [-0.39, 0.29) is 23.4 Å². The van der Waals surface area contributed by atoms with Crippen LogP contribution in [0.15, 0.2) is 47.1 Å². The Morgan fingerprint density at radius 3 is 2.57 bits per heavy atom. The van der Waals surface area contributed by atoms with Crippen molar-refractivity contribution in [2.24, 2.45) is 4.99 Å². The largest absolute Gasteiger partial charge is 0.490 e. The molecule has 0 aromatic heterocycles. The highest BCUT2D eigenvalue weighted by atomic mass is 35.5. The summed E-state index contributed by atoms with van der Waals surface area (Å²) in [5, 5.41) is 11.1. The van der Waals surface area contributed by atoms with E-state index in [0.29, 0.717) is 34.3 Å². The number of aliphatic imine (C=N–C) groups is 1. The lowest BCUT2D eigenvalue weighted by Crippen LogP contribution is -2.08. The number of carbonyl (C=O) groups excluding carboxylic acids is 1. The first-order valence-electron chi connectivity index (χ1n) is 9.19. The molecule has 30 heavy (non-hydrogen) atoms. The SMILES string of the molecule is CCOc1cc(/C=C2\N=C(c3ccc([N+](=O)[O-])cc3)OC2=O)cc(Cl)c1OC(C)C. The van der Waals surface area contributed by atoms with Crippen molar-refractivity contribution in [3.05, 3.63) is 68.4 Å². The average molecular weight is 431 g/mol. The first-order chi connectivity index (χ1) is 14.3. The molecule has 8 nitrogen and oxygen atoms in total. The van der Waals surface area contributed by atoms with Gasteiger partial charge in [0.25, 0.3) is 5.69 Å². The standard InChI is InChI=1S/C21H19ClN2O6/c1-4-28-18-11-13(9-16(22)19(18)29-12(2)3)10-17-21(25)30-20(23-17)14-5-7-15(8-6-14)24(26)27/h5-12H,4H2,1-3H3/b17-10-. The van der Waals surface area contributed by atoms with Crippen LogP contribution >= 0.6 is 11.6 Å². The van der Waals surface area contributed by atoms with Gasteiger partial charge in [-0.15, -0.1) is 0 Å². The van der Waals surface area contributed by atoms with Gasteiger partial charge in [0.05, 0.1) is 22.7 Å². The van der Waals surface area contributed by atoms with Gasteiger partial charge >= 0.3 is 5.97 Å². The minimum absolute atomic E-state index is 0.0667. The summed E-state index contributed by atoms with van der Waals surface area (Å²) in [5.74, 6) is 0.313. The van der Waals surface area contributed by atoms with Crippen molar-refractivity contribution in [1.82, 2.24) is 0 Å². The van der Waals surface area contributed by atoms with Crippen molar-refractivity contribution in [1.29, 1.82) is 0 Å². The number of nitro groups is 1. The van der Waals surface area contributed by atoms with Crippen LogP contribution in [0.2, 0.25) is 5.02 Å². The maximum absolute atomic E-state index is 12.2. The maximum atomic E-state index is 12.2. The van der Waals surface area contributed by atoms with E-state index in [0.717, 1.165) is 0 Å². The molecule has 0 unspecified atom stereocenters. The van der Waals surface area contributed by atoms with Gasteiger partial charge in [-0.25, -0.2) is 9.79 Å². The molecule has 1 aliphatic heterocycles. The Kier molecular flexibility index (Phi) is 6.37. The highest BCUT2D eigenvalue weighted by molar-refractivity contribution is 6.32. The third-order valence-corrected chi connectivity index (χ3v) is 4.21. The molecule has 0 N–H and O–H groups in total.